The number of sulfonamides is 1. The van der Waals surface area contributed by atoms with Crippen LogP contribution in [0, 0.1) is 11.6 Å². The maximum absolute atomic E-state index is 13.5. The summed E-state index contributed by atoms with van der Waals surface area (Å²) in [4.78, 5) is 10.2. The van der Waals surface area contributed by atoms with Gasteiger partial charge in [0.05, 0.1) is 7.11 Å². The van der Waals surface area contributed by atoms with E-state index in [9.17, 15) is 22.0 Å². The maximum atomic E-state index is 13.5. The van der Waals surface area contributed by atoms with Crippen LogP contribution in [-0.4, -0.2) is 39.4 Å². The van der Waals surface area contributed by atoms with Crippen LogP contribution >= 0.6 is 0 Å². The Bertz CT molecular complexity index is 589. The minimum atomic E-state index is -4.13. The zero-order valence-electron chi connectivity index (χ0n) is 11.1. The van der Waals surface area contributed by atoms with Gasteiger partial charge in [-0.1, -0.05) is 0 Å². The lowest BCUT2D eigenvalue weighted by Crippen LogP contribution is -2.29. The number of esters is 1. The van der Waals surface area contributed by atoms with Gasteiger partial charge in [0.25, 0.3) is 0 Å². The van der Waals surface area contributed by atoms with Crippen molar-refractivity contribution in [2.75, 3.05) is 20.7 Å². The summed E-state index contributed by atoms with van der Waals surface area (Å²) < 4.78 is 55.9. The molecule has 1 aromatic rings. The van der Waals surface area contributed by atoms with Crippen molar-refractivity contribution in [2.45, 2.75) is 17.7 Å². The van der Waals surface area contributed by atoms with Crippen molar-refractivity contribution in [3.8, 4) is 0 Å². The maximum Gasteiger partial charge on any atom is 0.305 e. The van der Waals surface area contributed by atoms with Crippen molar-refractivity contribution < 1.29 is 26.7 Å². The molecule has 0 atom stereocenters. The van der Waals surface area contributed by atoms with Crippen LogP contribution in [0.25, 0.3) is 0 Å². The number of nitrogens with zero attached hydrogens (tertiary/aromatic N) is 1. The number of hydrogen-bond acceptors (Lipinski definition) is 4. The van der Waals surface area contributed by atoms with E-state index < -0.39 is 32.5 Å². The number of ether oxygens (including phenoxy) is 1. The van der Waals surface area contributed by atoms with Crippen molar-refractivity contribution in [1.82, 2.24) is 4.31 Å². The normalized spacial score (nSPS) is 11.7. The summed E-state index contributed by atoms with van der Waals surface area (Å²) in [6.07, 6.45) is 0.265. The SMILES string of the molecule is COC(=O)CCCN(C)S(=O)(=O)c1cc(F)ccc1F. The monoisotopic (exact) mass is 307 g/mol. The van der Waals surface area contributed by atoms with Crippen LogP contribution in [0.2, 0.25) is 0 Å². The van der Waals surface area contributed by atoms with E-state index in [-0.39, 0.29) is 19.4 Å². The number of rotatable bonds is 6. The number of carbonyl (C=O) groups excluding carboxylic acids is 1. The van der Waals surface area contributed by atoms with Gasteiger partial charge in [-0.15, -0.1) is 0 Å². The first-order valence-electron chi connectivity index (χ1n) is 5.77. The molecule has 1 rings (SSSR count). The Labute approximate surface area is 116 Å². The Kier molecular flexibility index (Phi) is 5.58. The molecule has 0 heterocycles. The molecule has 0 aliphatic heterocycles. The Morgan fingerprint density at radius 1 is 1.35 bits per heavy atom. The fourth-order valence-corrected chi connectivity index (χ4v) is 2.79. The first kappa shape index (κ1) is 16.5. The van der Waals surface area contributed by atoms with Gasteiger partial charge in [-0.05, 0) is 24.6 Å². The van der Waals surface area contributed by atoms with Gasteiger partial charge >= 0.3 is 5.97 Å². The molecule has 0 unspecified atom stereocenters. The molecular formula is C12H15F2NO4S. The van der Waals surface area contributed by atoms with Crippen LogP contribution in [0.3, 0.4) is 0 Å². The summed E-state index contributed by atoms with van der Waals surface area (Å²) >= 11 is 0. The highest BCUT2D eigenvalue weighted by Gasteiger charge is 2.24. The van der Waals surface area contributed by atoms with E-state index >= 15 is 0 Å². The average molecular weight is 307 g/mol. The molecule has 20 heavy (non-hydrogen) atoms. The predicted molar refractivity (Wildman–Crippen MR) is 67.4 cm³/mol. The van der Waals surface area contributed by atoms with Crippen LogP contribution in [0.1, 0.15) is 12.8 Å². The molecule has 1 aromatic carbocycles. The average Bonchev–Trinajstić information content (AvgIpc) is 2.40. The third-order valence-corrected chi connectivity index (χ3v) is 4.53. The van der Waals surface area contributed by atoms with Crippen molar-refractivity contribution in [3.05, 3.63) is 29.8 Å². The molecule has 8 heteroatoms. The topological polar surface area (TPSA) is 63.7 Å². The van der Waals surface area contributed by atoms with Crippen LogP contribution < -0.4 is 0 Å². The molecule has 0 N–H and O–H groups in total. The van der Waals surface area contributed by atoms with E-state index in [4.69, 9.17) is 0 Å². The van der Waals surface area contributed by atoms with E-state index in [1.165, 1.54) is 14.2 Å². The van der Waals surface area contributed by atoms with Crippen molar-refractivity contribution >= 4 is 16.0 Å². The largest absolute Gasteiger partial charge is 0.469 e. The van der Waals surface area contributed by atoms with Crippen molar-refractivity contribution in [3.63, 3.8) is 0 Å². The third-order valence-electron chi connectivity index (χ3n) is 2.66. The summed E-state index contributed by atoms with van der Waals surface area (Å²) in [5.41, 5.74) is 0. The minimum absolute atomic E-state index is 0.00656. The molecule has 0 aliphatic carbocycles. The number of methoxy groups -OCH3 is 1. The summed E-state index contributed by atoms with van der Waals surface area (Å²) in [7, 11) is -1.67. The molecule has 5 nitrogen and oxygen atoms in total. The lowest BCUT2D eigenvalue weighted by atomic mass is 10.3. The van der Waals surface area contributed by atoms with Gasteiger partial charge in [-0.25, -0.2) is 21.5 Å². The third kappa shape index (κ3) is 3.97. The van der Waals surface area contributed by atoms with Crippen LogP contribution in [0.4, 0.5) is 8.78 Å². The number of hydrogen-bond donors (Lipinski definition) is 0. The molecule has 0 aliphatic rings. The van der Waals surface area contributed by atoms with Crippen LogP contribution in [-0.2, 0) is 19.6 Å². The number of halogens is 2. The minimum Gasteiger partial charge on any atom is -0.469 e. The molecule has 0 saturated heterocycles. The Hall–Kier alpha value is -1.54. The summed E-state index contributed by atoms with van der Waals surface area (Å²) in [6.45, 7) is -0.00656. The van der Waals surface area contributed by atoms with Gasteiger partial charge in [0, 0.05) is 20.0 Å². The first-order chi connectivity index (χ1) is 9.28. The lowest BCUT2D eigenvalue weighted by Gasteiger charge is -2.17. The van der Waals surface area contributed by atoms with E-state index in [0.717, 1.165) is 16.4 Å². The van der Waals surface area contributed by atoms with E-state index in [1.807, 2.05) is 0 Å². The van der Waals surface area contributed by atoms with E-state index in [1.54, 1.807) is 0 Å². The van der Waals surface area contributed by atoms with Gasteiger partial charge in [0.1, 0.15) is 16.5 Å². The lowest BCUT2D eigenvalue weighted by molar-refractivity contribution is -0.140. The molecule has 0 radical (unpaired) electrons. The fourth-order valence-electron chi connectivity index (χ4n) is 1.51. The fraction of sp³-hybridized carbons (Fsp3) is 0.417. The Balaban J connectivity index is 2.82. The smallest absolute Gasteiger partial charge is 0.305 e. The molecule has 112 valence electrons. The first-order valence-corrected chi connectivity index (χ1v) is 7.21. The molecule has 0 aromatic heterocycles. The van der Waals surface area contributed by atoms with Crippen molar-refractivity contribution in [2.24, 2.45) is 0 Å². The zero-order valence-corrected chi connectivity index (χ0v) is 11.9. The molecule has 0 bridgehead atoms. The molecule has 0 amide bonds. The Morgan fingerprint density at radius 2 is 2.00 bits per heavy atom. The second-order valence-electron chi connectivity index (χ2n) is 4.08. The van der Waals surface area contributed by atoms with Gasteiger partial charge in [-0.2, -0.15) is 0 Å². The van der Waals surface area contributed by atoms with Gasteiger partial charge in [0.15, 0.2) is 0 Å². The van der Waals surface area contributed by atoms with Crippen LogP contribution in [0.5, 0.6) is 0 Å². The summed E-state index contributed by atoms with van der Waals surface area (Å²) in [5, 5.41) is 0. The van der Waals surface area contributed by atoms with Crippen molar-refractivity contribution in [1.29, 1.82) is 0 Å². The molecule has 0 spiro atoms. The van der Waals surface area contributed by atoms with Gasteiger partial charge in [0.2, 0.25) is 10.0 Å². The number of benzene rings is 1. The van der Waals surface area contributed by atoms with Gasteiger partial charge < -0.3 is 4.74 Å². The quantitative estimate of drug-likeness (QED) is 0.748. The zero-order chi connectivity index (χ0) is 15.3. The molecular weight excluding hydrogens is 292 g/mol. The van der Waals surface area contributed by atoms with E-state index in [0.29, 0.717) is 6.07 Å². The predicted octanol–water partition coefficient (Wildman–Crippen LogP) is 1.54. The Morgan fingerprint density at radius 3 is 2.60 bits per heavy atom. The molecule has 0 saturated carbocycles. The van der Waals surface area contributed by atoms with Gasteiger partial charge in [-0.3, -0.25) is 4.79 Å². The second-order valence-corrected chi connectivity index (χ2v) is 6.09. The van der Waals surface area contributed by atoms with Crippen LogP contribution in [0.15, 0.2) is 23.1 Å². The highest BCUT2D eigenvalue weighted by molar-refractivity contribution is 7.89. The summed E-state index contributed by atoms with van der Waals surface area (Å²) in [5.74, 6) is -2.33. The van der Waals surface area contributed by atoms with E-state index in [2.05, 4.69) is 4.74 Å². The summed E-state index contributed by atoms with van der Waals surface area (Å²) in [6, 6.07) is 2.22. The molecule has 0 fully saturated rings. The second kappa shape index (κ2) is 6.76. The standard InChI is InChI=1S/C12H15F2NO4S/c1-15(7-3-4-12(16)19-2)20(17,18)11-8-9(13)5-6-10(11)14/h5-6,8H,3-4,7H2,1-2H3. The highest BCUT2D eigenvalue weighted by atomic mass is 32.2. The highest BCUT2D eigenvalue weighted by Crippen LogP contribution is 2.19. The number of carbonyl (C=O) groups is 1.